The molecule has 1 saturated carbocycles. The number of aromatic nitrogens is 3. The highest BCUT2D eigenvalue weighted by Gasteiger charge is 2.24. The molecule has 1 fully saturated rings. The van der Waals surface area contributed by atoms with E-state index in [2.05, 4.69) is 20.9 Å². The molecular formula is C28H32N6O3. The van der Waals surface area contributed by atoms with Crippen LogP contribution in [0.1, 0.15) is 48.2 Å². The van der Waals surface area contributed by atoms with Crippen molar-refractivity contribution < 1.29 is 15.0 Å². The van der Waals surface area contributed by atoms with Crippen LogP contribution in [0.15, 0.2) is 54.7 Å². The molecule has 4 aromatic rings. The summed E-state index contributed by atoms with van der Waals surface area (Å²) in [6.07, 6.45) is 3.83. The number of nitrogens with zero attached hydrogens (tertiary/aromatic N) is 3. The Kier molecular flexibility index (Phi) is 6.57. The van der Waals surface area contributed by atoms with Crippen LogP contribution in [0.5, 0.6) is 0 Å². The van der Waals surface area contributed by atoms with Crippen molar-refractivity contribution in [2.75, 3.05) is 17.2 Å². The van der Waals surface area contributed by atoms with Crippen molar-refractivity contribution >= 4 is 28.7 Å². The van der Waals surface area contributed by atoms with Gasteiger partial charge in [-0.25, -0.2) is 9.50 Å². The van der Waals surface area contributed by atoms with Gasteiger partial charge in [-0.05, 0) is 57.4 Å². The maximum atomic E-state index is 12.6. The summed E-state index contributed by atoms with van der Waals surface area (Å²) in [4.78, 5) is 17.2. The molecule has 1 aliphatic carbocycles. The number of benzene rings is 2. The summed E-state index contributed by atoms with van der Waals surface area (Å²) < 4.78 is 1.75. The zero-order valence-electron chi connectivity index (χ0n) is 21.2. The number of rotatable bonds is 9. The van der Waals surface area contributed by atoms with E-state index in [9.17, 15) is 15.0 Å². The van der Waals surface area contributed by atoms with Crippen LogP contribution < -0.4 is 16.0 Å². The molecule has 0 unspecified atom stereocenters. The van der Waals surface area contributed by atoms with Crippen LogP contribution in [-0.4, -0.2) is 48.9 Å². The Balaban J connectivity index is 1.55. The van der Waals surface area contributed by atoms with Gasteiger partial charge >= 0.3 is 0 Å². The topological polar surface area (TPSA) is 124 Å². The van der Waals surface area contributed by atoms with Gasteiger partial charge in [0.1, 0.15) is 0 Å². The SMILES string of the molecule is Cc1cc(-c2cnc3c(NCC(C)(C)O)cc(Nc4ccccc4CO)nn23)ccc1C(=O)NC1CC1. The quantitative estimate of drug-likeness (QED) is 0.235. The normalized spacial score (nSPS) is 13.5. The van der Waals surface area contributed by atoms with Gasteiger partial charge in [-0.15, -0.1) is 5.10 Å². The highest BCUT2D eigenvalue weighted by atomic mass is 16.3. The lowest BCUT2D eigenvalue weighted by molar-refractivity contribution is 0.0940. The van der Waals surface area contributed by atoms with E-state index in [-0.39, 0.29) is 12.5 Å². The van der Waals surface area contributed by atoms with Crippen LogP contribution >= 0.6 is 0 Å². The van der Waals surface area contributed by atoms with E-state index in [1.807, 2.05) is 55.5 Å². The molecule has 5 rings (SSSR count). The van der Waals surface area contributed by atoms with Crippen molar-refractivity contribution in [2.45, 2.75) is 51.9 Å². The summed E-state index contributed by atoms with van der Waals surface area (Å²) in [5.74, 6) is 0.498. The molecule has 192 valence electrons. The van der Waals surface area contributed by atoms with Crippen molar-refractivity contribution in [1.82, 2.24) is 19.9 Å². The maximum absolute atomic E-state index is 12.6. The number of carbonyl (C=O) groups excluding carboxylic acids is 1. The highest BCUT2D eigenvalue weighted by molar-refractivity contribution is 5.96. The van der Waals surface area contributed by atoms with Gasteiger partial charge in [0.25, 0.3) is 5.91 Å². The number of imidazole rings is 1. The second kappa shape index (κ2) is 9.84. The third-order valence-electron chi connectivity index (χ3n) is 6.31. The van der Waals surface area contributed by atoms with E-state index in [1.54, 1.807) is 24.6 Å². The number of amides is 1. The maximum Gasteiger partial charge on any atom is 0.251 e. The van der Waals surface area contributed by atoms with Gasteiger partial charge in [0.15, 0.2) is 11.5 Å². The fraction of sp³-hybridized carbons (Fsp3) is 0.321. The van der Waals surface area contributed by atoms with Crippen molar-refractivity contribution in [1.29, 1.82) is 0 Å². The van der Waals surface area contributed by atoms with Crippen LogP contribution in [0.3, 0.4) is 0 Å². The van der Waals surface area contributed by atoms with Gasteiger partial charge in [0, 0.05) is 41.0 Å². The minimum absolute atomic E-state index is 0.0463. The molecule has 5 N–H and O–H groups in total. The first kappa shape index (κ1) is 24.7. The summed E-state index contributed by atoms with van der Waals surface area (Å²) in [5, 5.41) is 34.5. The molecule has 1 aliphatic rings. The third kappa shape index (κ3) is 5.58. The molecule has 0 bridgehead atoms. The molecule has 0 spiro atoms. The molecule has 0 radical (unpaired) electrons. The number of aryl methyl sites for hydroxylation is 1. The summed E-state index contributed by atoms with van der Waals surface area (Å²) in [5.41, 5.74) is 5.04. The lowest BCUT2D eigenvalue weighted by atomic mass is 10.0. The summed E-state index contributed by atoms with van der Waals surface area (Å²) >= 11 is 0. The number of nitrogens with one attached hydrogen (secondary N) is 3. The number of anilines is 3. The Morgan fingerprint density at radius 1 is 1.14 bits per heavy atom. The zero-order chi connectivity index (χ0) is 26.2. The highest BCUT2D eigenvalue weighted by Crippen LogP contribution is 2.30. The molecule has 0 saturated heterocycles. The fourth-order valence-electron chi connectivity index (χ4n) is 4.15. The van der Waals surface area contributed by atoms with Crippen LogP contribution in [0.25, 0.3) is 16.9 Å². The standard InChI is InChI=1S/C28H32N6O3/c1-17-12-18(8-11-21(17)27(36)31-20-9-10-20)24-14-29-26-23(30-16-28(2,3)37)13-25(33-34(24)26)32-22-7-5-4-6-19(22)15-35/h4-8,11-14,20,30,35,37H,9-10,15-16H2,1-3H3,(H,31,36)(H,32,33). The number of aliphatic hydroxyl groups excluding tert-OH is 1. The molecule has 0 aliphatic heterocycles. The second-order valence-corrected chi connectivity index (χ2v) is 10.2. The van der Waals surface area contributed by atoms with Gasteiger partial charge in [-0.1, -0.05) is 24.3 Å². The van der Waals surface area contributed by atoms with Gasteiger partial charge < -0.3 is 26.2 Å². The minimum atomic E-state index is -0.930. The lowest BCUT2D eigenvalue weighted by Crippen LogP contribution is -2.29. The van der Waals surface area contributed by atoms with Gasteiger partial charge in [-0.3, -0.25) is 4.79 Å². The average molecular weight is 501 g/mol. The van der Waals surface area contributed by atoms with E-state index >= 15 is 0 Å². The van der Waals surface area contributed by atoms with Gasteiger partial charge in [-0.2, -0.15) is 0 Å². The minimum Gasteiger partial charge on any atom is -0.392 e. The Morgan fingerprint density at radius 3 is 2.62 bits per heavy atom. The molecule has 2 aromatic carbocycles. The number of hydrogen-bond acceptors (Lipinski definition) is 7. The fourth-order valence-corrected chi connectivity index (χ4v) is 4.15. The van der Waals surface area contributed by atoms with Crippen LogP contribution in [0, 0.1) is 6.92 Å². The molecule has 2 aromatic heterocycles. The first-order valence-corrected chi connectivity index (χ1v) is 12.4. The van der Waals surface area contributed by atoms with Crippen LogP contribution in [-0.2, 0) is 6.61 Å². The third-order valence-corrected chi connectivity index (χ3v) is 6.31. The Hall–Kier alpha value is -3.95. The molecule has 37 heavy (non-hydrogen) atoms. The number of hydrogen-bond donors (Lipinski definition) is 5. The van der Waals surface area contributed by atoms with Crippen LogP contribution in [0.2, 0.25) is 0 Å². The van der Waals surface area contributed by atoms with Crippen molar-refractivity contribution in [3.63, 3.8) is 0 Å². The van der Waals surface area contributed by atoms with Crippen molar-refractivity contribution in [3.8, 4) is 11.3 Å². The lowest BCUT2D eigenvalue weighted by Gasteiger charge is -2.19. The zero-order valence-corrected chi connectivity index (χ0v) is 21.2. The van der Waals surface area contributed by atoms with Crippen molar-refractivity contribution in [3.05, 3.63) is 71.4 Å². The van der Waals surface area contributed by atoms with E-state index in [0.717, 1.165) is 40.9 Å². The average Bonchev–Trinajstić information content (AvgIpc) is 3.57. The van der Waals surface area contributed by atoms with E-state index in [0.29, 0.717) is 35.3 Å². The molecule has 1 amide bonds. The van der Waals surface area contributed by atoms with Crippen LogP contribution in [0.4, 0.5) is 17.2 Å². The number of para-hydroxylation sites is 1. The Labute approximate surface area is 215 Å². The smallest absolute Gasteiger partial charge is 0.251 e. The predicted octanol–water partition coefficient (Wildman–Crippen LogP) is 4.02. The predicted molar refractivity (Wildman–Crippen MR) is 144 cm³/mol. The van der Waals surface area contributed by atoms with Crippen molar-refractivity contribution in [2.24, 2.45) is 0 Å². The Bertz CT molecular complexity index is 1450. The largest absolute Gasteiger partial charge is 0.392 e. The summed E-state index contributed by atoms with van der Waals surface area (Å²) in [6, 6.07) is 15.3. The number of fused-ring (bicyclic) bond motifs is 1. The number of aliphatic hydroxyl groups is 2. The molecule has 9 nitrogen and oxygen atoms in total. The molecule has 2 heterocycles. The summed E-state index contributed by atoms with van der Waals surface area (Å²) in [6.45, 7) is 5.60. The summed E-state index contributed by atoms with van der Waals surface area (Å²) in [7, 11) is 0. The number of carbonyl (C=O) groups is 1. The first-order valence-electron chi connectivity index (χ1n) is 12.4. The van der Waals surface area contributed by atoms with E-state index < -0.39 is 5.60 Å². The van der Waals surface area contributed by atoms with Gasteiger partial charge in [0.05, 0.1) is 29.8 Å². The molecular weight excluding hydrogens is 468 g/mol. The second-order valence-electron chi connectivity index (χ2n) is 10.2. The van der Waals surface area contributed by atoms with E-state index in [4.69, 9.17) is 5.10 Å². The molecule has 0 atom stereocenters. The Morgan fingerprint density at radius 2 is 1.92 bits per heavy atom. The first-order chi connectivity index (χ1) is 17.7. The van der Waals surface area contributed by atoms with Gasteiger partial charge in [0.2, 0.25) is 0 Å². The monoisotopic (exact) mass is 500 g/mol. The molecule has 9 heteroatoms. The van der Waals surface area contributed by atoms with E-state index in [1.165, 1.54) is 0 Å².